The summed E-state index contributed by atoms with van der Waals surface area (Å²) in [4.78, 5) is 24.6. The van der Waals surface area contributed by atoms with Crippen LogP contribution in [-0.4, -0.2) is 30.8 Å². The Morgan fingerprint density at radius 2 is 1.46 bits per heavy atom. The standard InChI is InChI=1S/C23H41NO4/c1-3-5-7-8-9-10-11-12-13-16-20-27-21(25)23(17-14-15-18-23)24-22(26)28-19-6-4-2/h4H,2-3,5-20H2,1H3,(H,24,26). The molecule has 1 aliphatic rings. The zero-order valence-electron chi connectivity index (χ0n) is 17.9. The Morgan fingerprint density at radius 3 is 2.04 bits per heavy atom. The summed E-state index contributed by atoms with van der Waals surface area (Å²) in [6.45, 7) is 6.55. The topological polar surface area (TPSA) is 64.6 Å². The molecular weight excluding hydrogens is 354 g/mol. The van der Waals surface area contributed by atoms with Crippen LogP contribution in [0.4, 0.5) is 4.79 Å². The van der Waals surface area contributed by atoms with Crippen LogP contribution >= 0.6 is 0 Å². The van der Waals surface area contributed by atoms with E-state index in [1.165, 1.54) is 51.4 Å². The maximum atomic E-state index is 12.6. The van der Waals surface area contributed by atoms with Crippen LogP contribution < -0.4 is 5.32 Å². The molecule has 0 atom stereocenters. The fourth-order valence-electron chi connectivity index (χ4n) is 3.72. The van der Waals surface area contributed by atoms with Crippen LogP contribution in [0.15, 0.2) is 12.7 Å². The maximum Gasteiger partial charge on any atom is 0.408 e. The van der Waals surface area contributed by atoms with Gasteiger partial charge < -0.3 is 14.8 Å². The van der Waals surface area contributed by atoms with Gasteiger partial charge in [0.05, 0.1) is 13.2 Å². The number of hydrogen-bond acceptors (Lipinski definition) is 4. The Morgan fingerprint density at radius 1 is 0.893 bits per heavy atom. The lowest BCUT2D eigenvalue weighted by Crippen LogP contribution is -2.53. The molecule has 5 nitrogen and oxygen atoms in total. The molecule has 0 spiro atoms. The first-order valence-corrected chi connectivity index (χ1v) is 11.4. The first-order valence-electron chi connectivity index (χ1n) is 11.4. The molecule has 1 rings (SSSR count). The van der Waals surface area contributed by atoms with Crippen LogP contribution in [0, 0.1) is 0 Å². The molecule has 0 radical (unpaired) electrons. The first kappa shape index (κ1) is 24.5. The quantitative estimate of drug-likeness (QED) is 0.196. The highest BCUT2D eigenvalue weighted by atomic mass is 16.6. The van der Waals surface area contributed by atoms with Gasteiger partial charge in [0.1, 0.15) is 5.54 Å². The van der Waals surface area contributed by atoms with Gasteiger partial charge in [-0.3, -0.25) is 0 Å². The number of ether oxygens (including phenoxy) is 2. The number of nitrogens with one attached hydrogen (secondary N) is 1. The normalized spacial score (nSPS) is 15.2. The van der Waals surface area contributed by atoms with E-state index in [2.05, 4.69) is 18.8 Å². The van der Waals surface area contributed by atoms with Crippen molar-refractivity contribution in [2.45, 2.75) is 109 Å². The minimum Gasteiger partial charge on any atom is -0.464 e. The summed E-state index contributed by atoms with van der Waals surface area (Å²) >= 11 is 0. The zero-order valence-corrected chi connectivity index (χ0v) is 17.9. The number of unbranched alkanes of at least 4 members (excludes halogenated alkanes) is 9. The monoisotopic (exact) mass is 395 g/mol. The summed E-state index contributed by atoms with van der Waals surface area (Å²) in [6.07, 6.45) is 17.3. The molecule has 1 N–H and O–H groups in total. The van der Waals surface area contributed by atoms with Gasteiger partial charge in [0.25, 0.3) is 0 Å². The molecule has 0 bridgehead atoms. The summed E-state index contributed by atoms with van der Waals surface area (Å²) < 4.78 is 10.6. The van der Waals surface area contributed by atoms with Gasteiger partial charge in [-0.25, -0.2) is 9.59 Å². The molecule has 1 fully saturated rings. The van der Waals surface area contributed by atoms with Crippen LogP contribution in [-0.2, 0) is 14.3 Å². The summed E-state index contributed by atoms with van der Waals surface area (Å²) in [5, 5.41) is 2.77. The molecule has 0 saturated heterocycles. The largest absolute Gasteiger partial charge is 0.464 e. The van der Waals surface area contributed by atoms with Crippen molar-refractivity contribution in [2.75, 3.05) is 13.2 Å². The molecular formula is C23H41NO4. The average Bonchev–Trinajstić information content (AvgIpc) is 3.15. The maximum absolute atomic E-state index is 12.6. The van der Waals surface area contributed by atoms with Gasteiger partial charge in [-0.1, -0.05) is 83.6 Å². The zero-order chi connectivity index (χ0) is 20.5. The second kappa shape index (κ2) is 15.4. The van der Waals surface area contributed by atoms with Crippen LogP contribution in [0.5, 0.6) is 0 Å². The third-order valence-electron chi connectivity index (χ3n) is 5.48. The minimum atomic E-state index is -0.899. The smallest absolute Gasteiger partial charge is 0.408 e. The Kier molecular flexibility index (Phi) is 13.5. The lowest BCUT2D eigenvalue weighted by molar-refractivity contribution is -0.151. The van der Waals surface area contributed by atoms with Gasteiger partial charge >= 0.3 is 12.1 Å². The van der Waals surface area contributed by atoms with E-state index in [1.54, 1.807) is 6.08 Å². The van der Waals surface area contributed by atoms with E-state index in [1.807, 2.05) is 0 Å². The SMILES string of the molecule is C=CCCOC(=O)NC1(C(=O)OCCCCCCCCCCCC)CCCC1. The van der Waals surface area contributed by atoms with Crippen molar-refractivity contribution < 1.29 is 19.1 Å². The molecule has 0 aliphatic heterocycles. The number of amides is 1. The van der Waals surface area contributed by atoms with Crippen molar-refractivity contribution >= 4 is 12.1 Å². The molecule has 0 aromatic carbocycles. The van der Waals surface area contributed by atoms with E-state index in [9.17, 15) is 9.59 Å². The highest BCUT2D eigenvalue weighted by Gasteiger charge is 2.44. The number of carbonyl (C=O) groups excluding carboxylic acids is 2. The lowest BCUT2D eigenvalue weighted by Gasteiger charge is -2.27. The Labute approximate surface area is 171 Å². The van der Waals surface area contributed by atoms with Gasteiger partial charge in [0.15, 0.2) is 0 Å². The second-order valence-electron chi connectivity index (χ2n) is 7.95. The molecule has 28 heavy (non-hydrogen) atoms. The van der Waals surface area contributed by atoms with Gasteiger partial charge in [0, 0.05) is 0 Å². The fourth-order valence-corrected chi connectivity index (χ4v) is 3.72. The minimum absolute atomic E-state index is 0.277. The van der Waals surface area contributed by atoms with Crippen molar-refractivity contribution in [1.82, 2.24) is 5.32 Å². The molecule has 0 unspecified atom stereocenters. The molecule has 1 amide bonds. The Balaban J connectivity index is 2.15. The van der Waals surface area contributed by atoms with E-state index in [-0.39, 0.29) is 12.6 Å². The van der Waals surface area contributed by atoms with Gasteiger partial charge in [0.2, 0.25) is 0 Å². The molecule has 0 aromatic rings. The molecule has 0 heterocycles. The molecule has 1 saturated carbocycles. The summed E-state index contributed by atoms with van der Waals surface area (Å²) in [5.41, 5.74) is -0.899. The van der Waals surface area contributed by atoms with Crippen LogP contribution in [0.3, 0.4) is 0 Å². The van der Waals surface area contributed by atoms with E-state index in [0.717, 1.165) is 25.7 Å². The molecule has 0 aromatic heterocycles. The number of carbonyl (C=O) groups is 2. The fraction of sp³-hybridized carbons (Fsp3) is 0.826. The molecule has 162 valence electrons. The third kappa shape index (κ3) is 10.1. The molecule has 1 aliphatic carbocycles. The predicted octanol–water partition coefficient (Wildman–Crippen LogP) is 6.07. The highest BCUT2D eigenvalue weighted by molar-refractivity contribution is 5.86. The van der Waals surface area contributed by atoms with Crippen LogP contribution in [0.1, 0.15) is 103 Å². The van der Waals surface area contributed by atoms with Crippen molar-refractivity contribution in [3.05, 3.63) is 12.7 Å². The second-order valence-corrected chi connectivity index (χ2v) is 7.95. The van der Waals surface area contributed by atoms with E-state index < -0.39 is 11.6 Å². The van der Waals surface area contributed by atoms with Gasteiger partial charge in [-0.05, 0) is 25.7 Å². The average molecular weight is 396 g/mol. The van der Waals surface area contributed by atoms with E-state index >= 15 is 0 Å². The lowest BCUT2D eigenvalue weighted by atomic mass is 9.98. The van der Waals surface area contributed by atoms with Crippen LogP contribution in [0.2, 0.25) is 0 Å². The predicted molar refractivity (Wildman–Crippen MR) is 113 cm³/mol. The molecule has 5 heteroatoms. The van der Waals surface area contributed by atoms with Crippen molar-refractivity contribution in [1.29, 1.82) is 0 Å². The number of alkyl carbamates (subject to hydrolysis) is 1. The summed E-state index contributed by atoms with van der Waals surface area (Å²) in [6, 6.07) is 0. The number of esters is 1. The first-order chi connectivity index (χ1) is 13.6. The Hall–Kier alpha value is -1.52. The third-order valence-corrected chi connectivity index (χ3v) is 5.48. The van der Waals surface area contributed by atoms with E-state index in [0.29, 0.717) is 25.9 Å². The number of rotatable bonds is 16. The van der Waals surface area contributed by atoms with Crippen molar-refractivity contribution in [3.8, 4) is 0 Å². The number of hydrogen-bond donors (Lipinski definition) is 1. The van der Waals surface area contributed by atoms with Crippen molar-refractivity contribution in [2.24, 2.45) is 0 Å². The highest BCUT2D eigenvalue weighted by Crippen LogP contribution is 2.31. The van der Waals surface area contributed by atoms with Crippen LogP contribution in [0.25, 0.3) is 0 Å². The van der Waals surface area contributed by atoms with E-state index in [4.69, 9.17) is 9.47 Å². The van der Waals surface area contributed by atoms with Gasteiger partial charge in [-0.15, -0.1) is 6.58 Å². The Bertz CT molecular complexity index is 444. The summed E-state index contributed by atoms with van der Waals surface area (Å²) in [7, 11) is 0. The van der Waals surface area contributed by atoms with Crippen molar-refractivity contribution in [3.63, 3.8) is 0 Å². The van der Waals surface area contributed by atoms with Gasteiger partial charge in [-0.2, -0.15) is 0 Å². The summed E-state index contributed by atoms with van der Waals surface area (Å²) in [5.74, 6) is -0.304.